The number of amides is 1. The molecule has 0 saturated carbocycles. The number of anilines is 1. The number of nitrogen functional groups attached to an aromatic ring is 1. The van der Waals surface area contributed by atoms with Crippen molar-refractivity contribution in [3.63, 3.8) is 0 Å². The Balaban J connectivity index is 2.52. The molecule has 1 aromatic carbocycles. The predicted molar refractivity (Wildman–Crippen MR) is 81.5 cm³/mol. The minimum atomic E-state index is -0.156. The van der Waals surface area contributed by atoms with Crippen molar-refractivity contribution in [3.05, 3.63) is 28.8 Å². The average molecular weight is 283 g/mol. The first-order valence-corrected chi connectivity index (χ1v) is 7.14. The molecule has 1 aromatic rings. The molecule has 0 aromatic heterocycles. The fourth-order valence-electron chi connectivity index (χ4n) is 1.94. The summed E-state index contributed by atoms with van der Waals surface area (Å²) in [6, 6.07) is 5.25. The third-order valence-electron chi connectivity index (χ3n) is 3.09. The lowest BCUT2D eigenvalue weighted by molar-refractivity contribution is 0.0938. The van der Waals surface area contributed by atoms with Gasteiger partial charge in [-0.25, -0.2) is 0 Å². The Hall–Kier alpha value is -1.22. The van der Waals surface area contributed by atoms with Gasteiger partial charge in [0.2, 0.25) is 0 Å². The van der Waals surface area contributed by atoms with Crippen molar-refractivity contribution in [3.8, 4) is 0 Å². The lowest BCUT2D eigenvalue weighted by Gasteiger charge is -2.15. The van der Waals surface area contributed by atoms with Crippen molar-refractivity contribution in [2.75, 3.05) is 5.73 Å². The molecular formula is C15H23ClN2O. The van der Waals surface area contributed by atoms with Crippen LogP contribution in [0.1, 0.15) is 50.4 Å². The number of carbonyl (C=O) groups excluding carboxylic acids is 1. The van der Waals surface area contributed by atoms with Crippen LogP contribution in [0.2, 0.25) is 5.02 Å². The summed E-state index contributed by atoms with van der Waals surface area (Å²) in [6.45, 7) is 6.42. The van der Waals surface area contributed by atoms with Gasteiger partial charge in [-0.05, 0) is 31.4 Å². The van der Waals surface area contributed by atoms with Gasteiger partial charge in [0.1, 0.15) is 0 Å². The largest absolute Gasteiger partial charge is 0.397 e. The quantitative estimate of drug-likeness (QED) is 0.778. The summed E-state index contributed by atoms with van der Waals surface area (Å²) in [5.41, 5.74) is 6.60. The highest BCUT2D eigenvalue weighted by molar-refractivity contribution is 6.33. The van der Waals surface area contributed by atoms with Gasteiger partial charge in [-0.1, -0.05) is 44.4 Å². The van der Waals surface area contributed by atoms with Gasteiger partial charge in [-0.3, -0.25) is 4.79 Å². The predicted octanol–water partition coefficient (Wildman–Crippen LogP) is 3.87. The van der Waals surface area contributed by atoms with Crippen LogP contribution in [0.3, 0.4) is 0 Å². The SMILES string of the molecule is CC(C)CCCC(C)NC(=O)c1cccc(Cl)c1N. The van der Waals surface area contributed by atoms with Crippen molar-refractivity contribution in [1.82, 2.24) is 5.32 Å². The third kappa shape index (κ3) is 5.11. The van der Waals surface area contributed by atoms with E-state index in [1.165, 1.54) is 6.42 Å². The Labute approximate surface area is 120 Å². The Morgan fingerprint density at radius 2 is 2.00 bits per heavy atom. The van der Waals surface area contributed by atoms with Crippen LogP contribution < -0.4 is 11.1 Å². The number of para-hydroxylation sites is 1. The van der Waals surface area contributed by atoms with E-state index in [0.717, 1.165) is 12.8 Å². The van der Waals surface area contributed by atoms with Crippen LogP contribution >= 0.6 is 11.6 Å². The molecule has 1 unspecified atom stereocenters. The minimum absolute atomic E-state index is 0.143. The van der Waals surface area contributed by atoms with E-state index >= 15 is 0 Å². The summed E-state index contributed by atoms with van der Waals surface area (Å²) in [4.78, 5) is 12.1. The zero-order valence-corrected chi connectivity index (χ0v) is 12.6. The maximum absolute atomic E-state index is 12.1. The van der Waals surface area contributed by atoms with Crippen LogP contribution in [0.4, 0.5) is 5.69 Å². The first-order valence-electron chi connectivity index (χ1n) is 6.76. The van der Waals surface area contributed by atoms with Crippen LogP contribution in [-0.4, -0.2) is 11.9 Å². The molecule has 0 aliphatic carbocycles. The van der Waals surface area contributed by atoms with Crippen LogP contribution in [0, 0.1) is 5.92 Å². The van der Waals surface area contributed by atoms with Crippen molar-refractivity contribution in [2.45, 2.75) is 46.1 Å². The standard InChI is InChI=1S/C15H23ClN2O/c1-10(2)6-4-7-11(3)18-15(19)12-8-5-9-13(16)14(12)17/h5,8-11H,4,6-7,17H2,1-3H3,(H,18,19). The highest BCUT2D eigenvalue weighted by atomic mass is 35.5. The van der Waals surface area contributed by atoms with Crippen molar-refractivity contribution in [1.29, 1.82) is 0 Å². The fraction of sp³-hybridized carbons (Fsp3) is 0.533. The van der Waals surface area contributed by atoms with Crippen molar-refractivity contribution >= 4 is 23.2 Å². The van der Waals surface area contributed by atoms with Crippen molar-refractivity contribution in [2.24, 2.45) is 5.92 Å². The summed E-state index contributed by atoms with van der Waals surface area (Å²) < 4.78 is 0. The van der Waals surface area contributed by atoms with Gasteiger partial charge >= 0.3 is 0 Å². The summed E-state index contributed by atoms with van der Waals surface area (Å²) >= 11 is 5.91. The Kier molecular flexibility index (Phi) is 6.16. The molecule has 0 spiro atoms. The molecule has 3 N–H and O–H groups in total. The molecule has 0 aliphatic rings. The zero-order chi connectivity index (χ0) is 14.4. The molecule has 1 amide bonds. The van der Waals surface area contributed by atoms with E-state index in [2.05, 4.69) is 19.2 Å². The molecule has 106 valence electrons. The zero-order valence-electron chi connectivity index (χ0n) is 11.9. The van der Waals surface area contributed by atoms with Crippen molar-refractivity contribution < 1.29 is 4.79 Å². The van der Waals surface area contributed by atoms with E-state index in [-0.39, 0.29) is 11.9 Å². The number of carbonyl (C=O) groups is 1. The smallest absolute Gasteiger partial charge is 0.253 e. The maximum atomic E-state index is 12.1. The summed E-state index contributed by atoms with van der Waals surface area (Å²) in [7, 11) is 0. The van der Waals surface area contributed by atoms with E-state index in [4.69, 9.17) is 17.3 Å². The highest BCUT2D eigenvalue weighted by Crippen LogP contribution is 2.22. The van der Waals surface area contributed by atoms with Crippen LogP contribution in [0.15, 0.2) is 18.2 Å². The van der Waals surface area contributed by atoms with E-state index in [1.54, 1.807) is 18.2 Å². The molecular weight excluding hydrogens is 260 g/mol. The first-order chi connectivity index (χ1) is 8.91. The molecule has 19 heavy (non-hydrogen) atoms. The Morgan fingerprint density at radius 1 is 1.32 bits per heavy atom. The molecule has 1 atom stereocenters. The van der Waals surface area contributed by atoms with E-state index in [0.29, 0.717) is 22.2 Å². The molecule has 0 fully saturated rings. The second kappa shape index (κ2) is 7.39. The summed E-state index contributed by atoms with van der Waals surface area (Å²) in [5, 5.41) is 3.38. The highest BCUT2D eigenvalue weighted by Gasteiger charge is 2.14. The van der Waals surface area contributed by atoms with Gasteiger partial charge in [0.25, 0.3) is 5.91 Å². The number of halogens is 1. The van der Waals surface area contributed by atoms with Gasteiger partial charge < -0.3 is 11.1 Å². The van der Waals surface area contributed by atoms with Gasteiger partial charge in [0.15, 0.2) is 0 Å². The summed E-state index contributed by atoms with van der Waals surface area (Å²) in [5.74, 6) is 0.545. The van der Waals surface area contributed by atoms with Gasteiger partial charge in [0.05, 0.1) is 16.3 Å². The number of nitrogens with two attached hydrogens (primary N) is 1. The van der Waals surface area contributed by atoms with Gasteiger partial charge in [-0.2, -0.15) is 0 Å². The Bertz CT molecular complexity index is 432. The lowest BCUT2D eigenvalue weighted by Crippen LogP contribution is -2.33. The minimum Gasteiger partial charge on any atom is -0.397 e. The molecule has 0 bridgehead atoms. The number of rotatable bonds is 6. The van der Waals surface area contributed by atoms with Crippen LogP contribution in [0.25, 0.3) is 0 Å². The normalized spacial score (nSPS) is 12.5. The lowest BCUT2D eigenvalue weighted by atomic mass is 10.0. The fourth-order valence-corrected chi connectivity index (χ4v) is 2.12. The van der Waals surface area contributed by atoms with E-state index in [1.807, 2.05) is 6.92 Å². The molecule has 0 radical (unpaired) electrons. The van der Waals surface area contributed by atoms with Gasteiger partial charge in [0, 0.05) is 6.04 Å². The summed E-state index contributed by atoms with van der Waals surface area (Å²) in [6.07, 6.45) is 3.27. The second-order valence-electron chi connectivity index (χ2n) is 5.40. The van der Waals surface area contributed by atoms with E-state index in [9.17, 15) is 4.79 Å². The molecule has 4 heteroatoms. The molecule has 3 nitrogen and oxygen atoms in total. The third-order valence-corrected chi connectivity index (χ3v) is 3.42. The number of hydrogen-bond donors (Lipinski definition) is 2. The molecule has 0 heterocycles. The molecule has 0 saturated heterocycles. The number of nitrogens with one attached hydrogen (secondary N) is 1. The number of hydrogen-bond acceptors (Lipinski definition) is 2. The monoisotopic (exact) mass is 282 g/mol. The van der Waals surface area contributed by atoms with Crippen LogP contribution in [-0.2, 0) is 0 Å². The average Bonchev–Trinajstić information content (AvgIpc) is 2.31. The molecule has 0 aliphatic heterocycles. The van der Waals surface area contributed by atoms with Gasteiger partial charge in [-0.15, -0.1) is 0 Å². The van der Waals surface area contributed by atoms with E-state index < -0.39 is 0 Å². The molecule has 1 rings (SSSR count). The second-order valence-corrected chi connectivity index (χ2v) is 5.81. The maximum Gasteiger partial charge on any atom is 0.253 e. The topological polar surface area (TPSA) is 55.1 Å². The van der Waals surface area contributed by atoms with Crippen LogP contribution in [0.5, 0.6) is 0 Å². The Morgan fingerprint density at radius 3 is 2.63 bits per heavy atom. The number of benzene rings is 1. The first kappa shape index (κ1) is 15.8.